The minimum atomic E-state index is -5.75. The van der Waals surface area contributed by atoms with Crippen molar-refractivity contribution in [2.75, 3.05) is 26.4 Å². The molecule has 11 N–H and O–H groups in total. The third-order valence-corrected chi connectivity index (χ3v) is 19.8. The van der Waals surface area contributed by atoms with Gasteiger partial charge in [-0.05, 0) is 32.1 Å². The van der Waals surface area contributed by atoms with Gasteiger partial charge in [-0.1, -0.05) is 276 Å². The van der Waals surface area contributed by atoms with Crippen LogP contribution in [0.5, 0.6) is 0 Å². The van der Waals surface area contributed by atoms with E-state index in [0.29, 0.717) is 6.42 Å². The minimum Gasteiger partial charge on any atom is -0.463 e. The summed E-state index contributed by atoms with van der Waals surface area (Å²) in [6.07, 6.45) is 21.6. The van der Waals surface area contributed by atoms with Crippen LogP contribution in [0.1, 0.15) is 278 Å². The first-order valence-corrected chi connectivity index (χ1v) is 40.0. The van der Waals surface area contributed by atoms with Crippen LogP contribution < -0.4 is 0 Å². The van der Waals surface area contributed by atoms with Crippen molar-refractivity contribution in [3.8, 4) is 0 Å². The molecule has 3 rings (SSSR count). The Labute approximate surface area is 597 Å². The average Bonchev–Trinajstić information content (AvgIpc) is 0.762. The summed E-state index contributed by atoms with van der Waals surface area (Å²) in [5.41, 5.74) is 0. The van der Waals surface area contributed by atoms with Crippen molar-refractivity contribution in [3.05, 3.63) is 48.6 Å². The van der Waals surface area contributed by atoms with Gasteiger partial charge in [0.2, 0.25) is 0 Å². The van der Waals surface area contributed by atoms with Crippen LogP contribution in [0.15, 0.2) is 48.6 Å². The molecule has 582 valence electrons. The van der Waals surface area contributed by atoms with Crippen LogP contribution in [0.2, 0.25) is 0 Å². The molecule has 24 nitrogen and oxygen atoms in total. The van der Waals surface area contributed by atoms with Crippen LogP contribution in [0.3, 0.4) is 0 Å². The number of ether oxygens (including phenoxy) is 7. The van der Waals surface area contributed by atoms with E-state index in [-0.39, 0.29) is 6.42 Å². The second kappa shape index (κ2) is 56.3. The van der Waals surface area contributed by atoms with E-state index in [1.165, 1.54) is 173 Å². The van der Waals surface area contributed by atoms with Gasteiger partial charge < -0.3 is 89.1 Å². The molecule has 2 aliphatic heterocycles. The lowest BCUT2D eigenvalue weighted by atomic mass is 9.84. The number of aliphatic hydroxyl groups is 10. The number of allylic oxidation sites excluding steroid dienone is 6. The molecule has 3 aliphatic rings. The lowest BCUT2D eigenvalue weighted by Crippen LogP contribution is -2.69. The average molecular weight is 1450 g/mol. The molecule has 0 amide bonds. The topological polar surface area (TPSA) is 374 Å². The Kier molecular flexibility index (Phi) is 51.3. The van der Waals surface area contributed by atoms with Crippen LogP contribution in [0.4, 0.5) is 0 Å². The zero-order chi connectivity index (χ0) is 73.2. The summed E-state index contributed by atoms with van der Waals surface area (Å²) < 4.78 is 64.6. The first-order valence-electron chi connectivity index (χ1n) is 38.5. The highest BCUT2D eigenvalue weighted by Gasteiger charge is 2.58. The Morgan fingerprint density at radius 1 is 0.410 bits per heavy atom. The number of rotatable bonds is 59. The number of aliphatic hydroxyl groups excluding tert-OH is 10. The van der Waals surface area contributed by atoms with Gasteiger partial charge in [-0.15, -0.1) is 0 Å². The number of phosphoric ester groups is 1. The zero-order valence-corrected chi connectivity index (χ0v) is 61.6. The number of carbonyl (C=O) groups is 3. The monoisotopic (exact) mass is 1450 g/mol. The Morgan fingerprint density at radius 3 is 1.18 bits per heavy atom. The predicted octanol–water partition coefficient (Wildman–Crippen LogP) is 10.8. The van der Waals surface area contributed by atoms with E-state index in [4.69, 9.17) is 42.2 Å². The fraction of sp³-hybridized carbons (Fsp3) is 0.853. The molecular formula is C75H133O24P. The van der Waals surface area contributed by atoms with Gasteiger partial charge in [0.25, 0.3) is 0 Å². The SMILES string of the molecule is CCCCCCCCCCCCC/C=C/C=C/C(=O)OCC(COP(=O)(O)OC1C(OC2OC(CO)C(O)C(O)C2O)C(O)C(O)C(O)C1OC1OC(COC(=O)CCCCCCCCCCCCCCCCC)C(O)C(O)C1O)OC(=O)/C=C/C=C/CCCCCCCCCCCCC. The lowest BCUT2D eigenvalue weighted by Gasteiger charge is -2.49. The van der Waals surface area contributed by atoms with E-state index in [2.05, 4.69) is 20.8 Å². The fourth-order valence-electron chi connectivity index (χ4n) is 12.5. The normalized spacial score (nSPS) is 27.6. The lowest BCUT2D eigenvalue weighted by molar-refractivity contribution is -0.360. The molecule has 1 saturated carbocycles. The molecule has 0 bridgehead atoms. The molecule has 0 spiro atoms. The Balaban J connectivity index is 1.76. The van der Waals surface area contributed by atoms with Crippen molar-refractivity contribution in [2.45, 2.75) is 382 Å². The Hall–Kier alpha value is -3.08. The maximum atomic E-state index is 14.3. The molecular weight excluding hydrogens is 1320 g/mol. The number of carbonyl (C=O) groups excluding carboxylic acids is 3. The second-order valence-electron chi connectivity index (χ2n) is 27.5. The van der Waals surface area contributed by atoms with Crippen LogP contribution in [-0.4, -0.2) is 204 Å². The number of hydrogen-bond donors (Lipinski definition) is 11. The number of hydrogen-bond acceptors (Lipinski definition) is 23. The fourth-order valence-corrected chi connectivity index (χ4v) is 13.5. The first-order chi connectivity index (χ1) is 48.3. The first kappa shape index (κ1) is 91.1. The molecule has 0 aromatic rings. The quantitative estimate of drug-likeness (QED) is 0.00673. The number of phosphoric acid groups is 1. The number of esters is 3. The molecule has 0 radical (unpaired) electrons. The van der Waals surface area contributed by atoms with Gasteiger partial charge in [0, 0.05) is 18.6 Å². The van der Waals surface area contributed by atoms with E-state index in [9.17, 15) is 74.9 Å². The summed E-state index contributed by atoms with van der Waals surface area (Å²) >= 11 is 0. The molecule has 25 heteroatoms. The third kappa shape index (κ3) is 38.8. The molecule has 18 unspecified atom stereocenters. The molecule has 0 aromatic heterocycles. The number of unbranched alkanes of at least 4 members (excludes halogenated alkanes) is 36. The molecule has 1 aliphatic carbocycles. The summed E-state index contributed by atoms with van der Waals surface area (Å²) in [6, 6.07) is 0. The largest absolute Gasteiger partial charge is 0.472 e. The minimum absolute atomic E-state index is 0.0239. The van der Waals surface area contributed by atoms with Crippen LogP contribution in [0.25, 0.3) is 0 Å². The second-order valence-corrected chi connectivity index (χ2v) is 28.9. The van der Waals surface area contributed by atoms with Crippen molar-refractivity contribution in [2.24, 2.45) is 0 Å². The van der Waals surface area contributed by atoms with Crippen molar-refractivity contribution < 1.29 is 117 Å². The van der Waals surface area contributed by atoms with Gasteiger partial charge >= 0.3 is 25.7 Å². The predicted molar refractivity (Wildman–Crippen MR) is 379 cm³/mol. The van der Waals surface area contributed by atoms with Crippen LogP contribution in [-0.2, 0) is 61.2 Å². The summed E-state index contributed by atoms with van der Waals surface area (Å²) in [7, 11) is -5.75. The van der Waals surface area contributed by atoms with Gasteiger partial charge in [0.1, 0.15) is 98.7 Å². The van der Waals surface area contributed by atoms with E-state index >= 15 is 0 Å². The third-order valence-electron chi connectivity index (χ3n) is 18.8. The van der Waals surface area contributed by atoms with E-state index in [1.807, 2.05) is 12.2 Å². The van der Waals surface area contributed by atoms with Crippen molar-refractivity contribution >= 4 is 25.7 Å². The van der Waals surface area contributed by atoms with E-state index < -0.39 is 156 Å². The summed E-state index contributed by atoms with van der Waals surface area (Å²) in [4.78, 5) is 50.8. The smallest absolute Gasteiger partial charge is 0.463 e. The molecule has 0 aromatic carbocycles. The van der Waals surface area contributed by atoms with Gasteiger partial charge in [-0.3, -0.25) is 13.8 Å². The molecule has 100 heavy (non-hydrogen) atoms. The van der Waals surface area contributed by atoms with Gasteiger partial charge in [0.15, 0.2) is 18.7 Å². The molecule has 2 saturated heterocycles. The summed E-state index contributed by atoms with van der Waals surface area (Å²) in [6.45, 7) is 3.23. The van der Waals surface area contributed by atoms with Crippen molar-refractivity contribution in [3.63, 3.8) is 0 Å². The zero-order valence-electron chi connectivity index (χ0n) is 60.7. The Morgan fingerprint density at radius 2 is 0.770 bits per heavy atom. The molecule has 2 heterocycles. The van der Waals surface area contributed by atoms with Gasteiger partial charge in [-0.2, -0.15) is 0 Å². The highest BCUT2D eigenvalue weighted by molar-refractivity contribution is 7.47. The summed E-state index contributed by atoms with van der Waals surface area (Å²) in [5.74, 6) is -2.50. The maximum Gasteiger partial charge on any atom is 0.472 e. The molecule has 18 atom stereocenters. The standard InChI is InChI=1S/C75H133O24P/c1-4-7-10-13-16-19-22-25-28-31-34-37-40-43-46-49-59(77)91-53-56(94-61(79)51-48-45-42-39-36-33-30-27-24-21-18-15-12-9-6-3)54-93-100(89,90)99-73-71(97-74-69(87)64(82)62(80)57(52-76)95-74)67(85)66(84)68(86)72(73)98-75-70(88)65(83)63(81)58(96-75)55-92-60(78)50-47-44-41-38-35-32-29-26-23-20-17-14-11-8-5-2/h40,42-43,45-46,48-49,51,56-58,62-76,80-88H,4-39,41,44,47,50,52-55H2,1-3H3,(H,89,90)/b43-40+,45-42+,49-46+,51-48+. The van der Waals surface area contributed by atoms with Crippen LogP contribution >= 0.6 is 7.82 Å². The van der Waals surface area contributed by atoms with Gasteiger partial charge in [-0.25, -0.2) is 14.2 Å². The highest BCUT2D eigenvalue weighted by atomic mass is 31.2. The van der Waals surface area contributed by atoms with E-state index in [0.717, 1.165) is 95.6 Å². The van der Waals surface area contributed by atoms with Gasteiger partial charge in [0.05, 0.1) is 13.2 Å². The van der Waals surface area contributed by atoms with E-state index in [1.54, 1.807) is 12.2 Å². The summed E-state index contributed by atoms with van der Waals surface area (Å²) in [5, 5.41) is 110. The van der Waals surface area contributed by atoms with Crippen molar-refractivity contribution in [1.82, 2.24) is 0 Å². The maximum absolute atomic E-state index is 14.3. The van der Waals surface area contributed by atoms with Crippen molar-refractivity contribution in [1.29, 1.82) is 0 Å². The molecule has 3 fully saturated rings. The van der Waals surface area contributed by atoms with Crippen LogP contribution in [0, 0.1) is 0 Å². The highest BCUT2D eigenvalue weighted by Crippen LogP contribution is 2.49. The Bertz CT molecular complexity index is 2250.